The van der Waals surface area contributed by atoms with Gasteiger partial charge in [0.25, 0.3) is 0 Å². The Morgan fingerprint density at radius 1 is 1.24 bits per heavy atom. The number of benzene rings is 1. The number of anilines is 1. The fourth-order valence-corrected chi connectivity index (χ4v) is 2.19. The van der Waals surface area contributed by atoms with Crippen LogP contribution in [0.4, 0.5) is 5.69 Å². The van der Waals surface area contributed by atoms with E-state index in [1.165, 1.54) is 29.7 Å². The summed E-state index contributed by atoms with van der Waals surface area (Å²) >= 11 is 0. The van der Waals surface area contributed by atoms with Gasteiger partial charge in [0.2, 0.25) is 0 Å². The second-order valence-corrected chi connectivity index (χ2v) is 4.59. The molecule has 0 spiro atoms. The van der Waals surface area contributed by atoms with E-state index in [4.69, 9.17) is 5.73 Å². The van der Waals surface area contributed by atoms with E-state index in [1.54, 1.807) is 0 Å². The van der Waals surface area contributed by atoms with Crippen LogP contribution in [0.2, 0.25) is 0 Å². The van der Waals surface area contributed by atoms with E-state index in [2.05, 4.69) is 43.9 Å². The van der Waals surface area contributed by atoms with E-state index in [-0.39, 0.29) is 0 Å². The highest BCUT2D eigenvalue weighted by Gasteiger charge is 2.07. The molecule has 0 saturated carbocycles. The Morgan fingerprint density at radius 2 is 2.00 bits per heavy atom. The van der Waals surface area contributed by atoms with Gasteiger partial charge in [-0.25, -0.2) is 0 Å². The fraction of sp³-hybridized carbons (Fsp3) is 0.600. The topological polar surface area (TPSA) is 29.3 Å². The van der Waals surface area contributed by atoms with Crippen molar-refractivity contribution in [2.45, 2.75) is 40.0 Å². The zero-order valence-electron chi connectivity index (χ0n) is 11.5. The number of nitrogens with zero attached hydrogens (tertiary/aromatic N) is 1. The molecule has 0 bridgehead atoms. The number of unbranched alkanes of at least 4 members (excludes halogenated alkanes) is 1. The standard InChI is InChI=1S/C15H26N2/c1-4-6-11-17(5-2)15-8-7-14(9-10-16)12-13(15)3/h7-8,12H,4-6,9-11,16H2,1-3H3. The van der Waals surface area contributed by atoms with Gasteiger partial charge < -0.3 is 10.6 Å². The van der Waals surface area contributed by atoms with Gasteiger partial charge in [0.15, 0.2) is 0 Å². The summed E-state index contributed by atoms with van der Waals surface area (Å²) in [4.78, 5) is 2.46. The normalized spacial score (nSPS) is 10.6. The van der Waals surface area contributed by atoms with Gasteiger partial charge in [-0.3, -0.25) is 0 Å². The lowest BCUT2D eigenvalue weighted by Crippen LogP contribution is -2.24. The minimum absolute atomic E-state index is 0.728. The zero-order valence-corrected chi connectivity index (χ0v) is 11.5. The second kappa shape index (κ2) is 7.33. The SMILES string of the molecule is CCCCN(CC)c1ccc(CCN)cc1C. The number of aryl methyl sites for hydroxylation is 1. The van der Waals surface area contributed by atoms with E-state index in [0.717, 1.165) is 26.1 Å². The molecule has 0 atom stereocenters. The fourth-order valence-electron chi connectivity index (χ4n) is 2.19. The molecule has 2 N–H and O–H groups in total. The molecular weight excluding hydrogens is 208 g/mol. The Bertz CT molecular complexity index is 334. The van der Waals surface area contributed by atoms with Crippen molar-refractivity contribution in [3.8, 4) is 0 Å². The largest absolute Gasteiger partial charge is 0.372 e. The molecule has 0 heterocycles. The van der Waals surface area contributed by atoms with Crippen LogP contribution in [0.25, 0.3) is 0 Å². The smallest absolute Gasteiger partial charge is 0.0396 e. The molecule has 17 heavy (non-hydrogen) atoms. The first-order valence-corrected chi connectivity index (χ1v) is 6.77. The first-order valence-electron chi connectivity index (χ1n) is 6.77. The Hall–Kier alpha value is -1.02. The third-order valence-electron chi connectivity index (χ3n) is 3.20. The maximum atomic E-state index is 5.59. The summed E-state index contributed by atoms with van der Waals surface area (Å²) in [5, 5.41) is 0. The van der Waals surface area contributed by atoms with Gasteiger partial charge in [-0.1, -0.05) is 25.5 Å². The van der Waals surface area contributed by atoms with Gasteiger partial charge in [-0.15, -0.1) is 0 Å². The van der Waals surface area contributed by atoms with Crippen LogP contribution in [-0.4, -0.2) is 19.6 Å². The highest BCUT2D eigenvalue weighted by Crippen LogP contribution is 2.21. The molecule has 0 aliphatic heterocycles. The average Bonchev–Trinajstić information content (AvgIpc) is 2.32. The van der Waals surface area contributed by atoms with Crippen LogP contribution in [0.15, 0.2) is 18.2 Å². The van der Waals surface area contributed by atoms with Crippen molar-refractivity contribution in [3.05, 3.63) is 29.3 Å². The highest BCUT2D eigenvalue weighted by atomic mass is 15.1. The Morgan fingerprint density at radius 3 is 2.53 bits per heavy atom. The van der Waals surface area contributed by atoms with E-state index in [0.29, 0.717) is 0 Å². The minimum atomic E-state index is 0.728. The van der Waals surface area contributed by atoms with Crippen LogP contribution in [0.5, 0.6) is 0 Å². The lowest BCUT2D eigenvalue weighted by Gasteiger charge is -2.25. The molecule has 1 aromatic carbocycles. The number of nitrogens with two attached hydrogens (primary N) is 1. The highest BCUT2D eigenvalue weighted by molar-refractivity contribution is 5.54. The monoisotopic (exact) mass is 234 g/mol. The van der Waals surface area contributed by atoms with Crippen molar-refractivity contribution in [1.82, 2.24) is 0 Å². The molecule has 0 unspecified atom stereocenters. The Balaban J connectivity index is 2.81. The molecule has 96 valence electrons. The first kappa shape index (κ1) is 14.0. The number of hydrogen-bond acceptors (Lipinski definition) is 2. The Kier molecular flexibility index (Phi) is 6.06. The van der Waals surface area contributed by atoms with Crippen molar-refractivity contribution in [3.63, 3.8) is 0 Å². The van der Waals surface area contributed by atoms with Crippen molar-refractivity contribution < 1.29 is 0 Å². The lowest BCUT2D eigenvalue weighted by atomic mass is 10.1. The van der Waals surface area contributed by atoms with E-state index >= 15 is 0 Å². The summed E-state index contributed by atoms with van der Waals surface area (Å²) in [5.41, 5.74) is 9.68. The predicted molar refractivity (Wildman–Crippen MR) is 76.7 cm³/mol. The van der Waals surface area contributed by atoms with Crippen molar-refractivity contribution in [1.29, 1.82) is 0 Å². The molecule has 0 aromatic heterocycles. The summed E-state index contributed by atoms with van der Waals surface area (Å²) in [5.74, 6) is 0. The van der Waals surface area contributed by atoms with Crippen LogP contribution < -0.4 is 10.6 Å². The van der Waals surface area contributed by atoms with Gasteiger partial charge in [0, 0.05) is 18.8 Å². The van der Waals surface area contributed by atoms with Crippen LogP contribution in [-0.2, 0) is 6.42 Å². The van der Waals surface area contributed by atoms with Gasteiger partial charge in [0.1, 0.15) is 0 Å². The third kappa shape index (κ3) is 4.04. The molecule has 0 radical (unpaired) electrons. The number of rotatable bonds is 7. The van der Waals surface area contributed by atoms with Crippen LogP contribution in [0, 0.1) is 6.92 Å². The van der Waals surface area contributed by atoms with E-state index < -0.39 is 0 Å². The van der Waals surface area contributed by atoms with Crippen LogP contribution >= 0.6 is 0 Å². The minimum Gasteiger partial charge on any atom is -0.372 e. The maximum absolute atomic E-state index is 5.59. The third-order valence-corrected chi connectivity index (χ3v) is 3.20. The van der Waals surface area contributed by atoms with Crippen molar-refractivity contribution in [2.24, 2.45) is 5.73 Å². The molecule has 0 aliphatic rings. The van der Waals surface area contributed by atoms with Gasteiger partial charge in [-0.05, 0) is 50.4 Å². The van der Waals surface area contributed by atoms with Gasteiger partial charge in [-0.2, -0.15) is 0 Å². The zero-order chi connectivity index (χ0) is 12.7. The van der Waals surface area contributed by atoms with Crippen molar-refractivity contribution in [2.75, 3.05) is 24.5 Å². The summed E-state index contributed by atoms with van der Waals surface area (Å²) < 4.78 is 0. The van der Waals surface area contributed by atoms with E-state index in [1.807, 2.05) is 0 Å². The molecule has 1 rings (SSSR count). The summed E-state index contributed by atoms with van der Waals surface area (Å²) in [6, 6.07) is 6.74. The first-order chi connectivity index (χ1) is 8.22. The number of hydrogen-bond donors (Lipinski definition) is 1. The predicted octanol–water partition coefficient (Wildman–Crippen LogP) is 3.12. The summed E-state index contributed by atoms with van der Waals surface area (Å²) in [6.45, 7) is 9.63. The quantitative estimate of drug-likeness (QED) is 0.785. The second-order valence-electron chi connectivity index (χ2n) is 4.59. The lowest BCUT2D eigenvalue weighted by molar-refractivity contribution is 0.730. The molecule has 0 aliphatic carbocycles. The van der Waals surface area contributed by atoms with Crippen LogP contribution in [0.3, 0.4) is 0 Å². The molecule has 2 nitrogen and oxygen atoms in total. The molecule has 0 saturated heterocycles. The van der Waals surface area contributed by atoms with Gasteiger partial charge in [0.05, 0.1) is 0 Å². The molecule has 0 amide bonds. The van der Waals surface area contributed by atoms with Crippen molar-refractivity contribution >= 4 is 5.69 Å². The molecule has 2 heteroatoms. The molecule has 1 aromatic rings. The average molecular weight is 234 g/mol. The molecule has 0 fully saturated rings. The Labute approximate surface area is 106 Å². The summed E-state index contributed by atoms with van der Waals surface area (Å²) in [6.07, 6.45) is 3.49. The maximum Gasteiger partial charge on any atom is 0.0396 e. The van der Waals surface area contributed by atoms with Crippen LogP contribution in [0.1, 0.15) is 37.8 Å². The summed E-state index contributed by atoms with van der Waals surface area (Å²) in [7, 11) is 0. The molecular formula is C15H26N2. The van der Waals surface area contributed by atoms with E-state index in [9.17, 15) is 0 Å². The van der Waals surface area contributed by atoms with Gasteiger partial charge >= 0.3 is 0 Å².